The van der Waals surface area contributed by atoms with Crippen molar-refractivity contribution in [2.75, 3.05) is 0 Å². The van der Waals surface area contributed by atoms with Gasteiger partial charge in [-0.1, -0.05) is 17.7 Å². The van der Waals surface area contributed by atoms with Crippen molar-refractivity contribution in [1.29, 1.82) is 0 Å². The van der Waals surface area contributed by atoms with E-state index in [1.54, 1.807) is 18.2 Å². The van der Waals surface area contributed by atoms with Crippen LogP contribution in [-0.2, 0) is 6.54 Å². The molecule has 82 valence electrons. The van der Waals surface area contributed by atoms with Gasteiger partial charge in [0.15, 0.2) is 5.82 Å². The third kappa shape index (κ3) is 1.87. The number of nitro groups is 1. The monoisotopic (exact) mass is 239 g/mol. The van der Waals surface area contributed by atoms with Crippen molar-refractivity contribution >= 4 is 22.5 Å². The van der Waals surface area contributed by atoms with E-state index >= 15 is 0 Å². The van der Waals surface area contributed by atoms with E-state index in [0.29, 0.717) is 5.52 Å². The Hall–Kier alpha value is -1.95. The summed E-state index contributed by atoms with van der Waals surface area (Å²) in [4.78, 5) is 27.6. The van der Waals surface area contributed by atoms with Gasteiger partial charge in [0.1, 0.15) is 0 Å². The minimum atomic E-state index is -0.561. The van der Waals surface area contributed by atoms with E-state index in [9.17, 15) is 14.9 Å². The summed E-state index contributed by atoms with van der Waals surface area (Å²) in [5, 5.41) is 10.8. The lowest BCUT2D eigenvalue weighted by Gasteiger charge is -2.00. The van der Waals surface area contributed by atoms with Crippen LogP contribution >= 0.6 is 11.6 Å². The number of aromatic nitrogens is 2. The first-order valence-corrected chi connectivity index (χ1v) is 4.75. The standard InChI is InChI=1S/C9H6ClN3O3/c10-5-2-1-3-6-8(5)9(14)12-7(11-6)4-13(15)16/h1-3H,4H2,(H,11,12,14). The second kappa shape index (κ2) is 3.90. The Morgan fingerprint density at radius 3 is 2.94 bits per heavy atom. The smallest absolute Gasteiger partial charge is 0.260 e. The zero-order valence-corrected chi connectivity index (χ0v) is 8.69. The van der Waals surface area contributed by atoms with Gasteiger partial charge in [-0.15, -0.1) is 0 Å². The number of nitrogens with zero attached hydrogens (tertiary/aromatic N) is 2. The molecule has 1 aromatic heterocycles. The molecule has 6 nitrogen and oxygen atoms in total. The van der Waals surface area contributed by atoms with E-state index in [4.69, 9.17) is 11.6 Å². The maximum Gasteiger partial charge on any atom is 0.260 e. The molecule has 1 heterocycles. The first-order chi connectivity index (χ1) is 7.58. The molecule has 2 rings (SSSR count). The number of H-pyrrole nitrogens is 1. The highest BCUT2D eigenvalue weighted by molar-refractivity contribution is 6.35. The Bertz CT molecular complexity index is 623. The number of hydrogen-bond donors (Lipinski definition) is 1. The minimum Gasteiger partial charge on any atom is -0.304 e. The number of halogens is 1. The summed E-state index contributed by atoms with van der Waals surface area (Å²) in [5.74, 6) is 0.0183. The van der Waals surface area contributed by atoms with E-state index in [0.717, 1.165) is 0 Å². The molecule has 0 spiro atoms. The van der Waals surface area contributed by atoms with Crippen LogP contribution in [0.5, 0.6) is 0 Å². The van der Waals surface area contributed by atoms with Crippen LogP contribution in [0, 0.1) is 10.1 Å². The van der Waals surface area contributed by atoms with Crippen LogP contribution in [0.3, 0.4) is 0 Å². The summed E-state index contributed by atoms with van der Waals surface area (Å²) >= 11 is 5.83. The maximum atomic E-state index is 11.6. The van der Waals surface area contributed by atoms with Crippen LogP contribution in [0.1, 0.15) is 5.82 Å². The molecular formula is C9H6ClN3O3. The average molecular weight is 240 g/mol. The lowest BCUT2D eigenvalue weighted by Crippen LogP contribution is -2.14. The van der Waals surface area contributed by atoms with Crippen LogP contribution in [-0.4, -0.2) is 14.9 Å². The van der Waals surface area contributed by atoms with Gasteiger partial charge in [-0.25, -0.2) is 4.98 Å². The quantitative estimate of drug-likeness (QED) is 0.633. The molecule has 0 radical (unpaired) electrons. The van der Waals surface area contributed by atoms with Crippen molar-refractivity contribution < 1.29 is 4.92 Å². The van der Waals surface area contributed by atoms with Gasteiger partial charge in [0, 0.05) is 4.92 Å². The Morgan fingerprint density at radius 1 is 1.50 bits per heavy atom. The minimum absolute atomic E-state index is 0.0183. The lowest BCUT2D eigenvalue weighted by molar-refractivity contribution is -0.498. The fourth-order valence-corrected chi connectivity index (χ4v) is 1.65. The lowest BCUT2D eigenvalue weighted by atomic mass is 10.2. The van der Waals surface area contributed by atoms with Gasteiger partial charge in [0.2, 0.25) is 0 Å². The fraction of sp³-hybridized carbons (Fsp3) is 0.111. The topological polar surface area (TPSA) is 88.9 Å². The molecule has 0 saturated heterocycles. The SMILES string of the molecule is O=c1[nH]c(C[N+](=O)[O-])nc2cccc(Cl)c12. The van der Waals surface area contributed by atoms with Crippen molar-refractivity contribution in [2.24, 2.45) is 0 Å². The maximum absolute atomic E-state index is 11.6. The van der Waals surface area contributed by atoms with Gasteiger partial charge in [0.05, 0.1) is 15.9 Å². The van der Waals surface area contributed by atoms with E-state index in [-0.39, 0.29) is 16.2 Å². The first kappa shape index (κ1) is 10.6. The molecule has 0 bridgehead atoms. The van der Waals surface area contributed by atoms with Gasteiger partial charge in [-0.3, -0.25) is 14.9 Å². The summed E-state index contributed by atoms with van der Waals surface area (Å²) in [5.41, 5.74) is -0.111. The van der Waals surface area contributed by atoms with E-state index in [2.05, 4.69) is 9.97 Å². The van der Waals surface area contributed by atoms with Crippen LogP contribution < -0.4 is 5.56 Å². The molecule has 1 N–H and O–H groups in total. The summed E-state index contributed by atoms with van der Waals surface area (Å²) in [7, 11) is 0. The molecule has 0 aliphatic heterocycles. The number of aromatic amines is 1. The number of fused-ring (bicyclic) bond motifs is 1. The van der Waals surface area contributed by atoms with Crippen molar-refractivity contribution in [3.63, 3.8) is 0 Å². The summed E-state index contributed by atoms with van der Waals surface area (Å²) in [6, 6.07) is 4.78. The highest BCUT2D eigenvalue weighted by Crippen LogP contribution is 2.17. The van der Waals surface area contributed by atoms with Crippen molar-refractivity contribution in [2.45, 2.75) is 6.54 Å². The van der Waals surface area contributed by atoms with E-state index in [1.165, 1.54) is 0 Å². The summed E-state index contributed by atoms with van der Waals surface area (Å²) in [6.07, 6.45) is 0. The fourth-order valence-electron chi connectivity index (χ4n) is 1.39. The van der Waals surface area contributed by atoms with Crippen molar-refractivity contribution in [3.8, 4) is 0 Å². The third-order valence-electron chi connectivity index (χ3n) is 2.01. The zero-order valence-electron chi connectivity index (χ0n) is 7.94. The largest absolute Gasteiger partial charge is 0.304 e. The Morgan fingerprint density at radius 2 is 2.25 bits per heavy atom. The number of hydrogen-bond acceptors (Lipinski definition) is 4. The van der Waals surface area contributed by atoms with Gasteiger partial charge in [-0.2, -0.15) is 0 Å². The summed E-state index contributed by atoms with van der Waals surface area (Å²) < 4.78 is 0. The highest BCUT2D eigenvalue weighted by Gasteiger charge is 2.10. The van der Waals surface area contributed by atoms with Gasteiger partial charge in [-0.05, 0) is 12.1 Å². The molecule has 1 aromatic carbocycles. The second-order valence-electron chi connectivity index (χ2n) is 3.14. The van der Waals surface area contributed by atoms with Crippen LogP contribution in [0.2, 0.25) is 5.02 Å². The molecule has 7 heteroatoms. The normalized spacial score (nSPS) is 10.6. The predicted molar refractivity (Wildman–Crippen MR) is 58.1 cm³/mol. The first-order valence-electron chi connectivity index (χ1n) is 4.37. The van der Waals surface area contributed by atoms with Crippen LogP contribution in [0.15, 0.2) is 23.0 Å². The number of benzene rings is 1. The number of nitrogens with one attached hydrogen (secondary N) is 1. The molecule has 0 fully saturated rings. The molecule has 0 saturated carbocycles. The molecule has 0 aliphatic rings. The highest BCUT2D eigenvalue weighted by atomic mass is 35.5. The summed E-state index contributed by atoms with van der Waals surface area (Å²) in [6.45, 7) is -0.516. The molecular weight excluding hydrogens is 234 g/mol. The van der Waals surface area contributed by atoms with Gasteiger partial charge in [0.25, 0.3) is 12.1 Å². The predicted octanol–water partition coefficient (Wildman–Crippen LogP) is 1.35. The van der Waals surface area contributed by atoms with E-state index in [1.807, 2.05) is 0 Å². The second-order valence-corrected chi connectivity index (χ2v) is 3.54. The zero-order chi connectivity index (χ0) is 11.7. The molecule has 0 unspecified atom stereocenters. The van der Waals surface area contributed by atoms with Gasteiger partial charge >= 0.3 is 0 Å². The van der Waals surface area contributed by atoms with Crippen LogP contribution in [0.4, 0.5) is 0 Å². The molecule has 0 aliphatic carbocycles. The average Bonchev–Trinajstić information content (AvgIpc) is 2.15. The Kier molecular flexibility index (Phi) is 2.57. The molecule has 2 aromatic rings. The molecule has 0 atom stereocenters. The van der Waals surface area contributed by atoms with E-state index < -0.39 is 17.0 Å². The number of rotatable bonds is 2. The Balaban J connectivity index is 2.69. The van der Waals surface area contributed by atoms with Crippen LogP contribution in [0.25, 0.3) is 10.9 Å². The Labute approximate surface area is 94.0 Å². The van der Waals surface area contributed by atoms with Gasteiger partial charge < -0.3 is 4.98 Å². The van der Waals surface area contributed by atoms with Crippen molar-refractivity contribution in [3.05, 3.63) is 49.5 Å². The van der Waals surface area contributed by atoms with Crippen molar-refractivity contribution in [1.82, 2.24) is 9.97 Å². The third-order valence-corrected chi connectivity index (χ3v) is 2.33. The molecule has 0 amide bonds. The molecule has 16 heavy (non-hydrogen) atoms.